The van der Waals surface area contributed by atoms with Crippen LogP contribution in [0.5, 0.6) is 5.75 Å². The van der Waals surface area contributed by atoms with Gasteiger partial charge in [0.25, 0.3) is 0 Å². The van der Waals surface area contributed by atoms with Gasteiger partial charge in [0.05, 0.1) is 61.9 Å². The second-order valence-corrected chi connectivity index (χ2v) is 17.9. The number of hydrogen-bond donors (Lipinski definition) is 4. The van der Waals surface area contributed by atoms with Crippen LogP contribution in [0.3, 0.4) is 0 Å². The standard InChI is InChI=1S/C49H60N8O9/c1-6-36(53-48(60)63-4)46(58)56-31(19-27-9-8-18-65-24-27)12-16-40(56)44-50-23-39(52-44)29-10-14-33-30(20-29)25-66-42-22-34-28(21-35(33)42)11-15-38-43(34)55-45(51-38)41-17-13-32(26-62-3)57(41)47(59)37(7-2)54-49(61)64-5/h10-11,14-15,20-23,27,31-32,36-37,40-41H,6-9,12-13,16-19,24-26H2,1-5H3,(H,50,52)(H,51,55)(H,53,60)(H,54,61)/t27?,31-,32-,36+,37?,40+,41+/m1/s1. The van der Waals surface area contributed by atoms with Gasteiger partial charge in [-0.2, -0.15) is 0 Å². The van der Waals surface area contributed by atoms with E-state index in [0.29, 0.717) is 50.8 Å². The van der Waals surface area contributed by atoms with Crippen molar-refractivity contribution < 1.29 is 42.9 Å². The zero-order valence-electron chi connectivity index (χ0n) is 38.3. The summed E-state index contributed by atoms with van der Waals surface area (Å²) >= 11 is 0. The molecule has 3 saturated heterocycles. The minimum absolute atomic E-state index is 0.00119. The van der Waals surface area contributed by atoms with Crippen LogP contribution < -0.4 is 15.4 Å². The number of nitrogens with zero attached hydrogens (tertiary/aromatic N) is 4. The fraction of sp³-hybridized carbons (Fsp3) is 0.510. The number of methoxy groups -OCH3 is 3. The van der Waals surface area contributed by atoms with Gasteiger partial charge in [0.15, 0.2) is 0 Å². The summed E-state index contributed by atoms with van der Waals surface area (Å²) in [4.78, 5) is 73.5. The van der Waals surface area contributed by atoms with Crippen molar-refractivity contribution in [2.75, 3.05) is 41.2 Å². The Balaban J connectivity index is 0.969. The van der Waals surface area contributed by atoms with E-state index >= 15 is 0 Å². The number of aromatic nitrogens is 4. The number of carbonyl (C=O) groups is 4. The maximum Gasteiger partial charge on any atom is 0.407 e. The maximum absolute atomic E-state index is 14.3. The average Bonchev–Trinajstić information content (AvgIpc) is 4.18. The molecule has 0 saturated carbocycles. The fourth-order valence-electron chi connectivity index (χ4n) is 10.7. The quantitative estimate of drug-likeness (QED) is 0.0914. The third-order valence-electron chi connectivity index (χ3n) is 14.0. The van der Waals surface area contributed by atoms with Crippen LogP contribution in [0.1, 0.15) is 101 Å². The van der Waals surface area contributed by atoms with Gasteiger partial charge in [0.2, 0.25) is 11.8 Å². The molecule has 66 heavy (non-hydrogen) atoms. The number of amides is 4. The van der Waals surface area contributed by atoms with Crippen molar-refractivity contribution in [3.8, 4) is 28.1 Å². The van der Waals surface area contributed by atoms with Crippen LogP contribution in [0, 0.1) is 5.92 Å². The maximum atomic E-state index is 14.3. The fourth-order valence-corrected chi connectivity index (χ4v) is 10.7. The van der Waals surface area contributed by atoms with E-state index in [4.69, 9.17) is 33.7 Å². The van der Waals surface area contributed by atoms with Crippen LogP contribution in [0.15, 0.2) is 48.7 Å². The summed E-state index contributed by atoms with van der Waals surface area (Å²) < 4.78 is 27.5. The van der Waals surface area contributed by atoms with Gasteiger partial charge in [-0.05, 0) is 110 Å². The number of H-pyrrole nitrogens is 2. The number of carbonyl (C=O) groups excluding carboxylic acids is 4. The largest absolute Gasteiger partial charge is 0.488 e. The second-order valence-electron chi connectivity index (χ2n) is 17.9. The summed E-state index contributed by atoms with van der Waals surface area (Å²) in [7, 11) is 4.21. The number of benzene rings is 3. The van der Waals surface area contributed by atoms with E-state index in [1.54, 1.807) is 7.11 Å². The Morgan fingerprint density at radius 2 is 1.53 bits per heavy atom. The predicted octanol–water partition coefficient (Wildman–Crippen LogP) is 7.46. The molecule has 0 radical (unpaired) electrons. The van der Waals surface area contributed by atoms with Gasteiger partial charge < -0.3 is 54.1 Å². The molecule has 4 aliphatic rings. The van der Waals surface area contributed by atoms with E-state index in [0.717, 1.165) is 106 Å². The van der Waals surface area contributed by atoms with Crippen LogP contribution in [0.4, 0.5) is 9.59 Å². The number of ether oxygens (including phenoxy) is 5. The summed E-state index contributed by atoms with van der Waals surface area (Å²) in [5.74, 6) is 2.21. The van der Waals surface area contributed by atoms with E-state index in [1.807, 2.05) is 35.9 Å². The Morgan fingerprint density at radius 1 is 0.818 bits per heavy atom. The van der Waals surface area contributed by atoms with Crippen molar-refractivity contribution in [1.82, 2.24) is 40.4 Å². The van der Waals surface area contributed by atoms with Crippen molar-refractivity contribution in [2.24, 2.45) is 5.92 Å². The highest BCUT2D eigenvalue weighted by Crippen LogP contribution is 2.45. The number of imidazole rings is 2. The predicted molar refractivity (Wildman–Crippen MR) is 245 cm³/mol. The van der Waals surface area contributed by atoms with Crippen LogP contribution >= 0.6 is 0 Å². The van der Waals surface area contributed by atoms with Crippen LogP contribution in [-0.4, -0.2) is 119 Å². The number of hydrogen-bond acceptors (Lipinski definition) is 11. The molecule has 7 atom stereocenters. The Morgan fingerprint density at radius 3 is 2.21 bits per heavy atom. The summed E-state index contributed by atoms with van der Waals surface area (Å²) in [5.41, 5.74) is 6.53. The Hall–Kier alpha value is -6.20. The summed E-state index contributed by atoms with van der Waals surface area (Å²) in [6.45, 7) is 5.96. The lowest BCUT2D eigenvalue weighted by atomic mass is 9.92. The highest BCUT2D eigenvalue weighted by atomic mass is 16.5. The normalized spacial score (nSPS) is 22.3. The molecular formula is C49H60N8O9. The van der Waals surface area contributed by atoms with Gasteiger partial charge in [0.1, 0.15) is 36.1 Å². The number of fused-ring (bicyclic) bond motifs is 6. The summed E-state index contributed by atoms with van der Waals surface area (Å²) in [5, 5.41) is 7.42. The first-order valence-corrected chi connectivity index (χ1v) is 23.3. The molecule has 5 aromatic rings. The lowest BCUT2D eigenvalue weighted by Crippen LogP contribution is -2.51. The number of aromatic amines is 2. The molecule has 350 valence electrons. The molecule has 9 rings (SSSR count). The van der Waals surface area contributed by atoms with Crippen molar-refractivity contribution in [3.63, 3.8) is 0 Å². The molecule has 2 unspecified atom stereocenters. The number of rotatable bonds is 13. The first-order valence-electron chi connectivity index (χ1n) is 23.3. The van der Waals surface area contributed by atoms with Gasteiger partial charge >= 0.3 is 12.2 Å². The summed E-state index contributed by atoms with van der Waals surface area (Å²) in [6, 6.07) is 12.4. The number of likely N-dealkylation sites (tertiary alicyclic amines) is 2. The second kappa shape index (κ2) is 19.3. The lowest BCUT2D eigenvalue weighted by Gasteiger charge is -2.35. The monoisotopic (exact) mass is 904 g/mol. The lowest BCUT2D eigenvalue weighted by molar-refractivity contribution is -0.138. The minimum atomic E-state index is -0.750. The van der Waals surface area contributed by atoms with Gasteiger partial charge in [0, 0.05) is 37.3 Å². The van der Waals surface area contributed by atoms with E-state index in [-0.39, 0.29) is 36.0 Å². The molecule has 2 aromatic heterocycles. The van der Waals surface area contributed by atoms with Crippen LogP contribution in [0.2, 0.25) is 0 Å². The topological polar surface area (TPSA) is 202 Å². The first-order chi connectivity index (χ1) is 32.1. The minimum Gasteiger partial charge on any atom is -0.488 e. The van der Waals surface area contributed by atoms with Gasteiger partial charge in [-0.3, -0.25) is 9.59 Å². The molecule has 3 aromatic carbocycles. The van der Waals surface area contributed by atoms with E-state index in [9.17, 15) is 19.2 Å². The SMILES string of the molecule is CCC(NC(=O)OC)C(=O)N1[C@@H](COC)CC[C@H]1c1nc2ccc3cc4c(cc3c2[nH]1)OCc1cc(-c2cnc([C@@H]3CC[C@H](CC5CCCOC5)N3C(=O)[C@H](CC)NC(=O)OC)[nH]2)ccc1-4. The van der Waals surface area contributed by atoms with E-state index in [1.165, 1.54) is 14.2 Å². The molecule has 3 fully saturated rings. The Labute approximate surface area is 383 Å². The third-order valence-corrected chi connectivity index (χ3v) is 14.0. The number of alkyl carbamates (subject to hydrolysis) is 2. The van der Waals surface area contributed by atoms with E-state index < -0.39 is 24.3 Å². The molecular weight excluding hydrogens is 845 g/mol. The van der Waals surface area contributed by atoms with Crippen molar-refractivity contribution in [2.45, 2.75) is 114 Å². The first kappa shape index (κ1) is 45.0. The van der Waals surface area contributed by atoms with Crippen molar-refractivity contribution >= 4 is 45.8 Å². The van der Waals surface area contributed by atoms with Crippen LogP contribution in [0.25, 0.3) is 44.2 Å². The van der Waals surface area contributed by atoms with Gasteiger partial charge in [-0.15, -0.1) is 0 Å². The van der Waals surface area contributed by atoms with Gasteiger partial charge in [-0.1, -0.05) is 32.0 Å². The molecule has 17 heteroatoms. The number of nitrogens with one attached hydrogen (secondary N) is 4. The zero-order chi connectivity index (χ0) is 46.1. The van der Waals surface area contributed by atoms with Crippen molar-refractivity contribution in [1.29, 1.82) is 0 Å². The molecule has 4 aliphatic heterocycles. The average molecular weight is 905 g/mol. The van der Waals surface area contributed by atoms with E-state index in [2.05, 4.69) is 57.0 Å². The Kier molecular flexibility index (Phi) is 13.2. The zero-order valence-corrected chi connectivity index (χ0v) is 38.3. The molecule has 4 N–H and O–H groups in total. The molecule has 17 nitrogen and oxygen atoms in total. The van der Waals surface area contributed by atoms with Gasteiger partial charge in [-0.25, -0.2) is 19.6 Å². The third kappa shape index (κ3) is 8.65. The smallest absolute Gasteiger partial charge is 0.407 e. The molecule has 0 aliphatic carbocycles. The summed E-state index contributed by atoms with van der Waals surface area (Å²) in [6.07, 6.45) is 7.33. The highest BCUT2D eigenvalue weighted by molar-refractivity contribution is 6.07. The molecule has 6 heterocycles. The Bertz CT molecular complexity index is 2600. The van der Waals surface area contributed by atoms with Crippen LogP contribution in [-0.2, 0) is 35.1 Å². The highest BCUT2D eigenvalue weighted by Gasteiger charge is 2.44. The molecule has 0 bridgehead atoms. The molecule has 0 spiro atoms. The van der Waals surface area contributed by atoms with Crippen molar-refractivity contribution in [3.05, 3.63) is 65.9 Å². The molecule has 4 amide bonds.